The molecule has 106 valence electrons. The fourth-order valence-electron chi connectivity index (χ4n) is 1.99. The maximum atomic E-state index is 11.8. The summed E-state index contributed by atoms with van der Waals surface area (Å²) in [5.41, 5.74) is 0. The molecule has 1 aliphatic heterocycles. The van der Waals surface area contributed by atoms with Gasteiger partial charge in [-0.05, 0) is 32.2 Å². The summed E-state index contributed by atoms with van der Waals surface area (Å²) >= 11 is 0. The number of ether oxygens (including phenoxy) is 2. The summed E-state index contributed by atoms with van der Waals surface area (Å²) in [6.45, 7) is 5.14. The number of hydrogen-bond donors (Lipinski definition) is 1. The lowest BCUT2D eigenvalue weighted by Gasteiger charge is -2.26. The van der Waals surface area contributed by atoms with E-state index in [2.05, 4.69) is 5.32 Å². The van der Waals surface area contributed by atoms with E-state index in [1.807, 2.05) is 4.90 Å². The molecule has 1 rings (SSSR count). The predicted molar refractivity (Wildman–Crippen MR) is 70.6 cm³/mol. The van der Waals surface area contributed by atoms with Crippen LogP contribution < -0.4 is 5.32 Å². The normalized spacial score (nSPS) is 15.9. The first-order valence-corrected chi connectivity index (χ1v) is 6.90. The molecule has 0 aromatic heterocycles. The molecule has 18 heavy (non-hydrogen) atoms. The number of piperidine rings is 1. The number of hydrogen-bond acceptors (Lipinski definition) is 4. The number of methoxy groups -OCH3 is 1. The maximum Gasteiger partial charge on any atom is 0.236 e. The summed E-state index contributed by atoms with van der Waals surface area (Å²) in [4.78, 5) is 13.8. The average molecular weight is 258 g/mol. The lowest BCUT2D eigenvalue weighted by atomic mass is 10.1. The van der Waals surface area contributed by atoms with Gasteiger partial charge in [0.15, 0.2) is 0 Å². The van der Waals surface area contributed by atoms with E-state index in [-0.39, 0.29) is 5.91 Å². The molecular formula is C13H26N2O3. The number of carbonyl (C=O) groups is 1. The van der Waals surface area contributed by atoms with Crippen molar-refractivity contribution in [2.24, 2.45) is 0 Å². The van der Waals surface area contributed by atoms with Gasteiger partial charge in [-0.15, -0.1) is 0 Å². The fraction of sp³-hybridized carbons (Fsp3) is 0.923. The van der Waals surface area contributed by atoms with Crippen molar-refractivity contribution < 1.29 is 14.3 Å². The molecule has 0 saturated carbocycles. The number of likely N-dealkylation sites (tertiary alicyclic amines) is 1. The van der Waals surface area contributed by atoms with Gasteiger partial charge >= 0.3 is 0 Å². The van der Waals surface area contributed by atoms with E-state index in [9.17, 15) is 4.79 Å². The Hall–Kier alpha value is -0.650. The predicted octanol–water partition coefficient (Wildman–Crippen LogP) is 0.642. The molecule has 1 N–H and O–H groups in total. The molecule has 5 nitrogen and oxygen atoms in total. The topological polar surface area (TPSA) is 50.8 Å². The number of carbonyl (C=O) groups excluding carboxylic acids is 1. The van der Waals surface area contributed by atoms with E-state index in [1.165, 1.54) is 6.42 Å². The van der Waals surface area contributed by atoms with Crippen molar-refractivity contribution in [2.75, 3.05) is 53.1 Å². The van der Waals surface area contributed by atoms with Crippen LogP contribution in [-0.4, -0.2) is 63.9 Å². The van der Waals surface area contributed by atoms with Crippen LogP contribution in [0.2, 0.25) is 0 Å². The van der Waals surface area contributed by atoms with Gasteiger partial charge in [-0.25, -0.2) is 0 Å². The first kappa shape index (κ1) is 15.4. The van der Waals surface area contributed by atoms with Crippen LogP contribution in [0.1, 0.15) is 25.7 Å². The van der Waals surface area contributed by atoms with Gasteiger partial charge < -0.3 is 19.7 Å². The molecule has 0 unspecified atom stereocenters. The average Bonchev–Trinajstić information content (AvgIpc) is 2.42. The molecule has 1 aliphatic rings. The van der Waals surface area contributed by atoms with Gasteiger partial charge in [-0.2, -0.15) is 0 Å². The standard InChI is InChI=1S/C13H26N2O3/c1-17-10-11-18-9-5-6-14-12-13(16)15-7-3-2-4-8-15/h14H,2-12H2,1H3. The molecular weight excluding hydrogens is 232 g/mol. The summed E-state index contributed by atoms with van der Waals surface area (Å²) in [7, 11) is 1.66. The second kappa shape index (κ2) is 10.3. The van der Waals surface area contributed by atoms with Crippen LogP contribution in [0.15, 0.2) is 0 Å². The molecule has 1 saturated heterocycles. The SMILES string of the molecule is COCCOCCCNCC(=O)N1CCCCC1. The first-order valence-electron chi connectivity index (χ1n) is 6.90. The fourth-order valence-corrected chi connectivity index (χ4v) is 1.99. The number of nitrogens with zero attached hydrogens (tertiary/aromatic N) is 1. The molecule has 0 bridgehead atoms. The monoisotopic (exact) mass is 258 g/mol. The van der Waals surface area contributed by atoms with Gasteiger partial charge in [0, 0.05) is 26.8 Å². The maximum absolute atomic E-state index is 11.8. The lowest BCUT2D eigenvalue weighted by Crippen LogP contribution is -2.41. The van der Waals surface area contributed by atoms with Crippen molar-refractivity contribution >= 4 is 5.91 Å². The third-order valence-corrected chi connectivity index (χ3v) is 3.06. The molecule has 5 heteroatoms. The highest BCUT2D eigenvalue weighted by molar-refractivity contribution is 5.78. The van der Waals surface area contributed by atoms with Crippen molar-refractivity contribution in [3.63, 3.8) is 0 Å². The van der Waals surface area contributed by atoms with Crippen LogP contribution in [0.5, 0.6) is 0 Å². The van der Waals surface area contributed by atoms with Crippen LogP contribution in [0.4, 0.5) is 0 Å². The van der Waals surface area contributed by atoms with E-state index >= 15 is 0 Å². The molecule has 1 fully saturated rings. The molecule has 1 heterocycles. The third kappa shape index (κ3) is 6.93. The molecule has 0 spiro atoms. The van der Waals surface area contributed by atoms with Crippen LogP contribution >= 0.6 is 0 Å². The highest BCUT2D eigenvalue weighted by atomic mass is 16.5. The second-order valence-corrected chi connectivity index (χ2v) is 4.58. The first-order chi connectivity index (χ1) is 8.84. The Morgan fingerprint density at radius 1 is 1.17 bits per heavy atom. The van der Waals surface area contributed by atoms with E-state index < -0.39 is 0 Å². The van der Waals surface area contributed by atoms with Crippen molar-refractivity contribution in [3.8, 4) is 0 Å². The zero-order valence-corrected chi connectivity index (χ0v) is 11.5. The number of rotatable bonds is 9. The van der Waals surface area contributed by atoms with Crippen molar-refractivity contribution in [3.05, 3.63) is 0 Å². The van der Waals surface area contributed by atoms with Crippen molar-refractivity contribution in [1.82, 2.24) is 10.2 Å². The van der Waals surface area contributed by atoms with E-state index in [1.54, 1.807) is 7.11 Å². The minimum atomic E-state index is 0.231. The quantitative estimate of drug-likeness (QED) is 0.617. The smallest absolute Gasteiger partial charge is 0.236 e. The van der Waals surface area contributed by atoms with Gasteiger partial charge in [0.1, 0.15) is 0 Å². The largest absolute Gasteiger partial charge is 0.382 e. The van der Waals surface area contributed by atoms with E-state index in [4.69, 9.17) is 9.47 Å². The van der Waals surface area contributed by atoms with Gasteiger partial charge in [0.25, 0.3) is 0 Å². The minimum absolute atomic E-state index is 0.231. The second-order valence-electron chi connectivity index (χ2n) is 4.58. The summed E-state index contributed by atoms with van der Waals surface area (Å²) in [5.74, 6) is 0.231. The van der Waals surface area contributed by atoms with Crippen LogP contribution in [0.25, 0.3) is 0 Å². The van der Waals surface area contributed by atoms with Gasteiger partial charge in [0.2, 0.25) is 5.91 Å². The zero-order chi connectivity index (χ0) is 13.1. The zero-order valence-electron chi connectivity index (χ0n) is 11.5. The van der Waals surface area contributed by atoms with Crippen LogP contribution in [-0.2, 0) is 14.3 Å². The van der Waals surface area contributed by atoms with E-state index in [0.717, 1.165) is 38.9 Å². The minimum Gasteiger partial charge on any atom is -0.382 e. The summed E-state index contributed by atoms with van der Waals surface area (Å²) in [6, 6.07) is 0. The Balaban J connectivity index is 1.89. The summed E-state index contributed by atoms with van der Waals surface area (Å²) in [5, 5.41) is 3.17. The highest BCUT2D eigenvalue weighted by Gasteiger charge is 2.15. The third-order valence-electron chi connectivity index (χ3n) is 3.06. The Morgan fingerprint density at radius 2 is 1.94 bits per heavy atom. The van der Waals surface area contributed by atoms with E-state index in [0.29, 0.717) is 26.4 Å². The Morgan fingerprint density at radius 3 is 2.67 bits per heavy atom. The number of nitrogens with one attached hydrogen (secondary N) is 1. The van der Waals surface area contributed by atoms with Crippen LogP contribution in [0, 0.1) is 0 Å². The highest BCUT2D eigenvalue weighted by Crippen LogP contribution is 2.07. The molecule has 0 aromatic carbocycles. The molecule has 1 amide bonds. The van der Waals surface area contributed by atoms with Gasteiger partial charge in [-0.1, -0.05) is 0 Å². The van der Waals surface area contributed by atoms with Crippen LogP contribution in [0.3, 0.4) is 0 Å². The Kier molecular flexibility index (Phi) is 8.81. The lowest BCUT2D eigenvalue weighted by molar-refractivity contribution is -0.131. The van der Waals surface area contributed by atoms with Crippen molar-refractivity contribution in [2.45, 2.75) is 25.7 Å². The van der Waals surface area contributed by atoms with Gasteiger partial charge in [-0.3, -0.25) is 4.79 Å². The summed E-state index contributed by atoms with van der Waals surface area (Å²) < 4.78 is 10.2. The van der Waals surface area contributed by atoms with Gasteiger partial charge in [0.05, 0.1) is 19.8 Å². The Bertz CT molecular complexity index is 218. The molecule has 0 aliphatic carbocycles. The molecule has 0 atom stereocenters. The molecule has 0 radical (unpaired) electrons. The van der Waals surface area contributed by atoms with Crippen molar-refractivity contribution in [1.29, 1.82) is 0 Å². The summed E-state index contributed by atoms with van der Waals surface area (Å²) in [6.07, 6.45) is 4.49. The Labute approximate surface area is 110 Å². The molecule has 0 aromatic rings. The number of amides is 1.